The molecule has 29 heavy (non-hydrogen) atoms. The Balaban J connectivity index is 1.73. The van der Waals surface area contributed by atoms with Crippen molar-refractivity contribution in [2.45, 2.75) is 11.4 Å². The molecular weight excluding hydrogens is 442 g/mol. The van der Waals surface area contributed by atoms with E-state index in [2.05, 4.69) is 15.5 Å². The molecule has 1 aromatic heterocycles. The summed E-state index contributed by atoms with van der Waals surface area (Å²) < 4.78 is 4.97. The van der Waals surface area contributed by atoms with Crippen LogP contribution >= 0.6 is 34.9 Å². The number of hydrogen-bond acceptors (Lipinski definition) is 11. The van der Waals surface area contributed by atoms with Crippen molar-refractivity contribution in [1.29, 1.82) is 0 Å². The summed E-state index contributed by atoms with van der Waals surface area (Å²) in [5.74, 6) is -1.61. The highest BCUT2D eigenvalue weighted by atomic mass is 32.2. The Bertz CT molecular complexity index is 901. The van der Waals surface area contributed by atoms with Gasteiger partial charge in [-0.1, -0.05) is 5.16 Å². The molecule has 156 valence electrons. The topological polar surface area (TPSA) is 167 Å². The Kier molecular flexibility index (Phi) is 6.66. The first kappa shape index (κ1) is 21.4. The Morgan fingerprint density at radius 1 is 1.55 bits per heavy atom. The molecule has 1 fully saturated rings. The highest BCUT2D eigenvalue weighted by Gasteiger charge is 2.54. The van der Waals surface area contributed by atoms with Crippen molar-refractivity contribution in [2.24, 2.45) is 5.16 Å². The van der Waals surface area contributed by atoms with Gasteiger partial charge in [0.05, 0.1) is 6.61 Å². The summed E-state index contributed by atoms with van der Waals surface area (Å²) in [7, 11) is 1.55. The summed E-state index contributed by atoms with van der Waals surface area (Å²) in [6.07, 6.45) is 0. The maximum absolute atomic E-state index is 12.6. The lowest BCUT2D eigenvalue weighted by molar-refractivity contribution is -0.150. The van der Waals surface area contributed by atoms with Gasteiger partial charge in [0.15, 0.2) is 10.8 Å². The molecule has 2 atom stereocenters. The van der Waals surface area contributed by atoms with E-state index in [-0.39, 0.29) is 22.2 Å². The Morgan fingerprint density at radius 3 is 2.90 bits per heavy atom. The second kappa shape index (κ2) is 9.02. The standard InChI is InChI=1S/C15H17N5O6S3/c1-26-2-3-27-7-5-28-13-9(12(22)20(13)10(7)14(23)24)18-11(21)8(19-25)6-4-29-15(16)17-6/h4,9,13,25H,2-3,5H2,1H3,(H2,16,17)(H,18,21)(H,23,24)/b19-8-/t9-,13-/m1/s1. The molecule has 3 heterocycles. The minimum absolute atomic E-state index is 0.0753. The molecule has 0 radical (unpaired) electrons. The van der Waals surface area contributed by atoms with Gasteiger partial charge in [0.25, 0.3) is 11.8 Å². The first-order valence-corrected chi connectivity index (χ1v) is 11.1. The predicted octanol–water partition coefficient (Wildman–Crippen LogP) is -0.0207. The number of aliphatic carboxylic acids is 1. The van der Waals surface area contributed by atoms with Crippen molar-refractivity contribution in [3.05, 3.63) is 21.7 Å². The van der Waals surface area contributed by atoms with Crippen molar-refractivity contribution < 1.29 is 29.4 Å². The van der Waals surface area contributed by atoms with Crippen LogP contribution in [0.5, 0.6) is 0 Å². The number of β-lactam (4-membered cyclic amide) rings is 1. The molecule has 0 unspecified atom stereocenters. The van der Waals surface area contributed by atoms with Crippen LogP contribution in [0.4, 0.5) is 5.13 Å². The number of amides is 2. The van der Waals surface area contributed by atoms with E-state index in [0.717, 1.165) is 11.3 Å². The monoisotopic (exact) mass is 459 g/mol. The van der Waals surface area contributed by atoms with Crippen LogP contribution in [0.15, 0.2) is 21.1 Å². The van der Waals surface area contributed by atoms with Gasteiger partial charge in [-0.05, 0) is 0 Å². The first-order chi connectivity index (χ1) is 13.9. The van der Waals surface area contributed by atoms with Gasteiger partial charge in [-0.3, -0.25) is 14.5 Å². The van der Waals surface area contributed by atoms with E-state index in [1.54, 1.807) is 7.11 Å². The zero-order valence-corrected chi connectivity index (χ0v) is 17.5. The molecule has 11 nitrogen and oxygen atoms in total. The zero-order chi connectivity index (χ0) is 21.1. The highest BCUT2D eigenvalue weighted by molar-refractivity contribution is 8.06. The van der Waals surface area contributed by atoms with Crippen molar-refractivity contribution >= 4 is 63.5 Å². The number of ether oxygens (including phenoxy) is 1. The predicted molar refractivity (Wildman–Crippen MR) is 109 cm³/mol. The number of fused-ring (bicyclic) bond motifs is 1. The van der Waals surface area contributed by atoms with Crippen LogP contribution in [-0.2, 0) is 19.1 Å². The second-order valence-electron chi connectivity index (χ2n) is 5.80. The smallest absolute Gasteiger partial charge is 0.353 e. The molecular formula is C15H17N5O6S3. The van der Waals surface area contributed by atoms with Crippen LogP contribution in [-0.4, -0.2) is 80.3 Å². The van der Waals surface area contributed by atoms with Crippen LogP contribution in [0.25, 0.3) is 0 Å². The molecule has 14 heteroatoms. The summed E-state index contributed by atoms with van der Waals surface area (Å²) >= 11 is 3.74. The van der Waals surface area contributed by atoms with Crippen molar-refractivity contribution in [3.63, 3.8) is 0 Å². The largest absolute Gasteiger partial charge is 0.477 e. The number of anilines is 1. The fourth-order valence-electron chi connectivity index (χ4n) is 2.77. The molecule has 1 aromatic rings. The number of nitrogens with two attached hydrogens (primary N) is 1. The van der Waals surface area contributed by atoms with Crippen LogP contribution in [0.2, 0.25) is 0 Å². The van der Waals surface area contributed by atoms with Crippen LogP contribution in [0.1, 0.15) is 5.69 Å². The quantitative estimate of drug-likeness (QED) is 0.136. The van der Waals surface area contributed by atoms with E-state index in [9.17, 15) is 19.5 Å². The van der Waals surface area contributed by atoms with Gasteiger partial charge in [-0.25, -0.2) is 9.78 Å². The number of carbonyl (C=O) groups is 3. The lowest BCUT2D eigenvalue weighted by atomic mass is 10.0. The summed E-state index contributed by atoms with van der Waals surface area (Å²) in [5.41, 5.74) is 5.15. The molecule has 0 saturated carbocycles. The molecule has 5 N–H and O–H groups in total. The van der Waals surface area contributed by atoms with E-state index in [1.807, 2.05) is 0 Å². The minimum atomic E-state index is -1.20. The zero-order valence-electron chi connectivity index (χ0n) is 15.0. The maximum atomic E-state index is 12.6. The number of nitrogen functional groups attached to an aromatic ring is 1. The third kappa shape index (κ3) is 4.19. The van der Waals surface area contributed by atoms with Gasteiger partial charge in [0.2, 0.25) is 0 Å². The number of thioether (sulfide) groups is 2. The average molecular weight is 460 g/mol. The van der Waals surface area contributed by atoms with E-state index >= 15 is 0 Å². The Labute approximate surface area is 177 Å². The number of hydrogen-bond donors (Lipinski definition) is 4. The van der Waals surface area contributed by atoms with Gasteiger partial charge in [0.1, 0.15) is 22.8 Å². The number of rotatable bonds is 8. The number of nitrogens with one attached hydrogen (secondary N) is 1. The van der Waals surface area contributed by atoms with Crippen LogP contribution in [0, 0.1) is 0 Å². The Morgan fingerprint density at radius 2 is 2.31 bits per heavy atom. The van der Waals surface area contributed by atoms with Crippen LogP contribution < -0.4 is 11.1 Å². The third-order valence-electron chi connectivity index (χ3n) is 4.07. The molecule has 0 aromatic carbocycles. The summed E-state index contributed by atoms with van der Waals surface area (Å²) in [6, 6.07) is -0.944. The Hall–Kier alpha value is -2.29. The van der Waals surface area contributed by atoms with Gasteiger partial charge >= 0.3 is 5.97 Å². The number of carboxylic acids is 1. The lowest BCUT2D eigenvalue weighted by Gasteiger charge is -2.49. The SMILES string of the molecule is COCCSC1=C(C(=O)O)N2C(=O)[C@@H](NC(=O)/C(=N\O)c3csc(N)n3)[C@H]2SC1. The average Bonchev–Trinajstić information content (AvgIpc) is 3.12. The molecule has 2 aliphatic heterocycles. The second-order valence-corrected chi connectivity index (χ2v) is 8.98. The van der Waals surface area contributed by atoms with Crippen molar-refractivity contribution in [3.8, 4) is 0 Å². The number of oxime groups is 1. The molecule has 1 saturated heterocycles. The summed E-state index contributed by atoms with van der Waals surface area (Å²) in [5, 5.41) is 25.3. The number of methoxy groups -OCH3 is 1. The van der Waals surface area contributed by atoms with Gasteiger partial charge in [-0.2, -0.15) is 0 Å². The lowest BCUT2D eigenvalue weighted by Crippen LogP contribution is -2.71. The minimum Gasteiger partial charge on any atom is -0.477 e. The van der Waals surface area contributed by atoms with Gasteiger partial charge in [0, 0.05) is 28.9 Å². The van der Waals surface area contributed by atoms with E-state index < -0.39 is 29.2 Å². The molecule has 2 amide bonds. The number of thiazole rings is 1. The molecule has 0 bridgehead atoms. The summed E-state index contributed by atoms with van der Waals surface area (Å²) in [6.45, 7) is 0.451. The van der Waals surface area contributed by atoms with E-state index in [1.165, 1.54) is 33.8 Å². The maximum Gasteiger partial charge on any atom is 0.353 e. The fourth-order valence-corrected chi connectivity index (χ4v) is 5.87. The number of carbonyl (C=O) groups excluding carboxylic acids is 2. The van der Waals surface area contributed by atoms with Crippen molar-refractivity contribution in [2.75, 3.05) is 31.0 Å². The fraction of sp³-hybridized carbons (Fsp3) is 0.400. The third-order valence-corrected chi connectivity index (χ3v) is 7.26. The first-order valence-electron chi connectivity index (χ1n) is 8.16. The molecule has 2 aliphatic rings. The number of carboxylic acid groups (broad SMARTS) is 1. The number of aromatic nitrogens is 1. The van der Waals surface area contributed by atoms with Crippen LogP contribution in [0.3, 0.4) is 0 Å². The highest BCUT2D eigenvalue weighted by Crippen LogP contribution is 2.43. The van der Waals surface area contributed by atoms with E-state index in [0.29, 0.717) is 23.0 Å². The number of nitrogens with zero attached hydrogens (tertiary/aromatic N) is 3. The van der Waals surface area contributed by atoms with Gasteiger partial charge < -0.3 is 26.1 Å². The van der Waals surface area contributed by atoms with Crippen molar-refractivity contribution in [1.82, 2.24) is 15.2 Å². The summed E-state index contributed by atoms with van der Waals surface area (Å²) in [4.78, 5) is 42.4. The van der Waals surface area contributed by atoms with E-state index in [4.69, 9.17) is 15.7 Å². The molecule has 0 aliphatic carbocycles. The molecule has 3 rings (SSSR count). The van der Waals surface area contributed by atoms with Gasteiger partial charge in [-0.15, -0.1) is 34.9 Å². The molecule has 0 spiro atoms. The normalized spacial score (nSPS) is 21.6.